The summed E-state index contributed by atoms with van der Waals surface area (Å²) >= 11 is 0. The summed E-state index contributed by atoms with van der Waals surface area (Å²) in [5.74, 6) is 0.859. The highest BCUT2D eigenvalue weighted by molar-refractivity contribution is 6.00. The predicted octanol–water partition coefficient (Wildman–Crippen LogP) is 4.62. The van der Waals surface area contributed by atoms with Crippen molar-refractivity contribution in [2.24, 2.45) is 5.92 Å². The van der Waals surface area contributed by atoms with Gasteiger partial charge in [0.15, 0.2) is 0 Å². The largest absolute Gasteiger partial charge is 0.497 e. The van der Waals surface area contributed by atoms with Gasteiger partial charge in [0, 0.05) is 30.4 Å². The maximum absolute atomic E-state index is 13.5. The smallest absolute Gasteiger partial charge is 0.257 e. The Kier molecular flexibility index (Phi) is 8.35. The zero-order valence-corrected chi connectivity index (χ0v) is 22.6. The fraction of sp³-hybridized carbons (Fsp3) is 0.500. The van der Waals surface area contributed by atoms with Gasteiger partial charge in [-0.25, -0.2) is 0 Å². The molecule has 3 aliphatic rings. The van der Waals surface area contributed by atoms with E-state index in [1.807, 2.05) is 18.2 Å². The molecule has 2 fully saturated rings. The molecule has 9 heteroatoms. The molecule has 2 heterocycles. The van der Waals surface area contributed by atoms with Gasteiger partial charge in [-0.3, -0.25) is 14.4 Å². The van der Waals surface area contributed by atoms with Crippen LogP contribution in [-0.2, 0) is 14.3 Å². The monoisotopic (exact) mass is 535 g/mol. The lowest BCUT2D eigenvalue weighted by molar-refractivity contribution is -0.130. The number of methoxy groups -OCH3 is 1. The highest BCUT2D eigenvalue weighted by Gasteiger charge is 2.39. The Hall–Kier alpha value is -3.59. The fourth-order valence-electron chi connectivity index (χ4n) is 5.83. The molecule has 2 aliphatic heterocycles. The van der Waals surface area contributed by atoms with Crippen molar-refractivity contribution in [1.82, 2.24) is 4.90 Å². The van der Waals surface area contributed by atoms with Crippen LogP contribution < -0.4 is 20.1 Å². The van der Waals surface area contributed by atoms with Crippen LogP contribution in [0.1, 0.15) is 61.7 Å². The van der Waals surface area contributed by atoms with Gasteiger partial charge in [0.1, 0.15) is 24.2 Å². The van der Waals surface area contributed by atoms with Crippen LogP contribution in [0.15, 0.2) is 42.5 Å². The van der Waals surface area contributed by atoms with E-state index in [1.54, 1.807) is 43.3 Å². The summed E-state index contributed by atoms with van der Waals surface area (Å²) in [6.07, 6.45) is 6.08. The van der Waals surface area contributed by atoms with Gasteiger partial charge >= 0.3 is 0 Å². The maximum atomic E-state index is 13.5. The minimum absolute atomic E-state index is 0.0180. The van der Waals surface area contributed by atoms with Gasteiger partial charge in [0.05, 0.1) is 31.2 Å². The summed E-state index contributed by atoms with van der Waals surface area (Å²) in [6, 6.07) is 12.3. The van der Waals surface area contributed by atoms with Crippen LogP contribution in [0.2, 0.25) is 0 Å². The molecule has 2 aromatic carbocycles. The van der Waals surface area contributed by atoms with Crippen molar-refractivity contribution in [3.05, 3.63) is 48.0 Å². The van der Waals surface area contributed by atoms with Gasteiger partial charge in [-0.05, 0) is 56.0 Å². The number of hydrogen-bond acceptors (Lipinski definition) is 6. The first-order valence-electron chi connectivity index (χ1n) is 13.9. The van der Waals surface area contributed by atoms with Crippen molar-refractivity contribution in [2.45, 2.75) is 69.6 Å². The lowest BCUT2D eigenvalue weighted by atomic mass is 9.88. The third-order valence-corrected chi connectivity index (χ3v) is 8.02. The van der Waals surface area contributed by atoms with Crippen molar-refractivity contribution >= 4 is 29.1 Å². The highest BCUT2D eigenvalue weighted by Crippen LogP contribution is 2.33. The zero-order valence-electron chi connectivity index (χ0n) is 22.6. The van der Waals surface area contributed by atoms with Gasteiger partial charge in [-0.15, -0.1) is 0 Å². The average Bonchev–Trinajstić information content (AvgIpc) is 2.95. The first-order chi connectivity index (χ1) is 18.9. The molecular formula is C30H37N3O6. The Morgan fingerprint density at radius 3 is 2.59 bits per heavy atom. The number of carbonyl (C=O) groups excluding carboxylic acids is 3. The molecule has 0 unspecified atom stereocenters. The van der Waals surface area contributed by atoms with E-state index in [0.717, 1.165) is 25.7 Å². The van der Waals surface area contributed by atoms with E-state index in [-0.39, 0.29) is 54.9 Å². The Labute approximate surface area is 229 Å². The lowest BCUT2D eigenvalue weighted by Gasteiger charge is -2.42. The van der Waals surface area contributed by atoms with Crippen LogP contribution in [0.5, 0.6) is 11.5 Å². The zero-order chi connectivity index (χ0) is 27.4. The van der Waals surface area contributed by atoms with Crippen LogP contribution in [0.25, 0.3) is 0 Å². The second-order valence-corrected chi connectivity index (χ2v) is 10.7. The van der Waals surface area contributed by atoms with Gasteiger partial charge in [0.25, 0.3) is 5.91 Å². The van der Waals surface area contributed by atoms with Crippen LogP contribution in [-0.4, -0.2) is 61.6 Å². The van der Waals surface area contributed by atoms with E-state index >= 15 is 0 Å². The number of likely N-dealkylation sites (N-methyl/N-ethyl adjacent to an activating group) is 1. The molecule has 0 spiro atoms. The topological polar surface area (TPSA) is 106 Å². The number of benzene rings is 2. The Morgan fingerprint density at radius 1 is 1.00 bits per heavy atom. The van der Waals surface area contributed by atoms with Crippen molar-refractivity contribution in [3.8, 4) is 11.5 Å². The maximum Gasteiger partial charge on any atom is 0.257 e. The van der Waals surface area contributed by atoms with Crippen molar-refractivity contribution < 1.29 is 28.6 Å². The first kappa shape index (κ1) is 27.0. The summed E-state index contributed by atoms with van der Waals surface area (Å²) in [6.45, 7) is 0.261. The molecule has 1 saturated carbocycles. The van der Waals surface area contributed by atoms with E-state index in [0.29, 0.717) is 41.3 Å². The molecule has 0 bridgehead atoms. The van der Waals surface area contributed by atoms with Gasteiger partial charge in [-0.2, -0.15) is 0 Å². The summed E-state index contributed by atoms with van der Waals surface area (Å²) in [5.41, 5.74) is 1.70. The van der Waals surface area contributed by atoms with Crippen LogP contribution in [0.3, 0.4) is 0 Å². The molecule has 2 N–H and O–H groups in total. The second kappa shape index (κ2) is 12.1. The quantitative estimate of drug-likeness (QED) is 0.559. The lowest BCUT2D eigenvalue weighted by Crippen LogP contribution is -2.53. The summed E-state index contributed by atoms with van der Waals surface area (Å²) < 4.78 is 17.6. The summed E-state index contributed by atoms with van der Waals surface area (Å²) in [4.78, 5) is 40.7. The number of nitrogens with one attached hydrogen (secondary N) is 2. The third kappa shape index (κ3) is 6.36. The first-order valence-corrected chi connectivity index (χ1v) is 13.9. The van der Waals surface area contributed by atoms with Crippen LogP contribution in [0.4, 0.5) is 11.4 Å². The van der Waals surface area contributed by atoms with Crippen LogP contribution in [0, 0.1) is 5.92 Å². The molecule has 5 rings (SSSR count). The number of amides is 3. The number of nitrogens with zero attached hydrogens (tertiary/aromatic N) is 1. The van der Waals surface area contributed by atoms with Gasteiger partial charge in [0.2, 0.25) is 11.8 Å². The molecule has 0 aromatic heterocycles. The molecule has 208 valence electrons. The molecule has 0 radical (unpaired) electrons. The number of carbonyl (C=O) groups is 3. The molecule has 39 heavy (non-hydrogen) atoms. The number of hydrogen-bond donors (Lipinski definition) is 2. The van der Waals surface area contributed by atoms with Crippen LogP contribution >= 0.6 is 0 Å². The van der Waals surface area contributed by atoms with E-state index < -0.39 is 0 Å². The third-order valence-electron chi connectivity index (χ3n) is 8.02. The summed E-state index contributed by atoms with van der Waals surface area (Å²) in [5, 5.41) is 5.90. The van der Waals surface area contributed by atoms with Crippen molar-refractivity contribution in [2.75, 3.05) is 31.4 Å². The average molecular weight is 536 g/mol. The minimum Gasteiger partial charge on any atom is -0.497 e. The van der Waals surface area contributed by atoms with Gasteiger partial charge < -0.3 is 29.7 Å². The minimum atomic E-state index is -0.360. The Bertz CT molecular complexity index is 1210. The Balaban J connectivity index is 1.22. The van der Waals surface area contributed by atoms with E-state index in [9.17, 15) is 14.4 Å². The molecule has 3 amide bonds. The summed E-state index contributed by atoms with van der Waals surface area (Å²) in [7, 11) is 3.36. The van der Waals surface area contributed by atoms with Crippen molar-refractivity contribution in [1.29, 1.82) is 0 Å². The normalized spacial score (nSPS) is 23.4. The molecule has 1 aliphatic carbocycles. The standard InChI is InChI=1S/C30H37N3O6/c1-33-25-13-12-23(17-28(34)31-20-9-6-10-22(15-20)37-2)39-27(25)18-38-26-14-11-21(16-24(26)30(33)36)32-29(35)19-7-4-3-5-8-19/h6,9-11,14-16,19,23,25,27H,3-5,7-8,12-13,17-18H2,1-2H3,(H,31,34)(H,32,35)/t23-,25-,27-/m0/s1. The number of ether oxygens (including phenoxy) is 3. The molecule has 1 saturated heterocycles. The molecule has 9 nitrogen and oxygen atoms in total. The molecule has 2 aromatic rings. The SMILES string of the molecule is COc1cccc(NC(=O)C[C@@H]2CC[C@H]3[C@H](COc4ccc(NC(=O)C5CCCCC5)cc4C(=O)N3C)O2)c1. The number of rotatable bonds is 6. The molecular weight excluding hydrogens is 498 g/mol. The van der Waals surface area contributed by atoms with Crippen molar-refractivity contribution in [3.63, 3.8) is 0 Å². The number of anilines is 2. The second-order valence-electron chi connectivity index (χ2n) is 10.7. The van der Waals surface area contributed by atoms with E-state index in [1.165, 1.54) is 6.42 Å². The van der Waals surface area contributed by atoms with Gasteiger partial charge in [-0.1, -0.05) is 25.3 Å². The number of fused-ring (bicyclic) bond motifs is 2. The predicted molar refractivity (Wildman–Crippen MR) is 147 cm³/mol. The Morgan fingerprint density at radius 2 is 1.79 bits per heavy atom. The molecule has 3 atom stereocenters. The highest BCUT2D eigenvalue weighted by atomic mass is 16.5. The van der Waals surface area contributed by atoms with E-state index in [4.69, 9.17) is 14.2 Å². The fourth-order valence-corrected chi connectivity index (χ4v) is 5.83. The van der Waals surface area contributed by atoms with E-state index in [2.05, 4.69) is 10.6 Å².